The fraction of sp³-hybridized carbons (Fsp3) is 0.0769. The SMILES string of the molecule is COc1ccc([N+](=O)[O-])cc1NS(=O)(=O)c1ccc(F)c(F)c1. The van der Waals surface area contributed by atoms with Gasteiger partial charge in [-0.1, -0.05) is 0 Å². The molecule has 23 heavy (non-hydrogen) atoms. The lowest BCUT2D eigenvalue weighted by Gasteiger charge is -2.11. The summed E-state index contributed by atoms with van der Waals surface area (Å²) in [6.07, 6.45) is 0. The third-order valence-electron chi connectivity index (χ3n) is 2.84. The average Bonchev–Trinajstić information content (AvgIpc) is 2.49. The van der Waals surface area contributed by atoms with Gasteiger partial charge in [-0.3, -0.25) is 14.8 Å². The Hall–Kier alpha value is -2.75. The second kappa shape index (κ2) is 6.16. The smallest absolute Gasteiger partial charge is 0.271 e. The van der Waals surface area contributed by atoms with Crippen molar-refractivity contribution in [2.45, 2.75) is 4.90 Å². The van der Waals surface area contributed by atoms with E-state index in [2.05, 4.69) is 0 Å². The molecule has 0 aliphatic heterocycles. The van der Waals surface area contributed by atoms with Crippen molar-refractivity contribution in [3.63, 3.8) is 0 Å². The minimum Gasteiger partial charge on any atom is -0.495 e. The number of ether oxygens (including phenoxy) is 1. The molecule has 0 aliphatic carbocycles. The molecule has 0 amide bonds. The fourth-order valence-corrected chi connectivity index (χ4v) is 2.81. The van der Waals surface area contributed by atoms with E-state index in [1.165, 1.54) is 13.2 Å². The van der Waals surface area contributed by atoms with Gasteiger partial charge in [-0.2, -0.15) is 0 Å². The van der Waals surface area contributed by atoms with Crippen molar-refractivity contribution in [3.8, 4) is 5.75 Å². The van der Waals surface area contributed by atoms with Crippen molar-refractivity contribution in [1.29, 1.82) is 0 Å². The molecule has 2 rings (SSSR count). The molecule has 0 saturated carbocycles. The van der Waals surface area contributed by atoms with E-state index in [-0.39, 0.29) is 17.1 Å². The van der Waals surface area contributed by atoms with Gasteiger partial charge in [0.15, 0.2) is 11.6 Å². The first-order valence-corrected chi connectivity index (χ1v) is 7.53. The molecule has 0 fully saturated rings. The predicted octanol–water partition coefficient (Wildman–Crippen LogP) is 2.68. The Morgan fingerprint density at radius 1 is 1.13 bits per heavy atom. The zero-order valence-electron chi connectivity index (χ0n) is 11.6. The number of nitrogens with zero attached hydrogens (tertiary/aromatic N) is 1. The molecule has 1 N–H and O–H groups in total. The molecule has 122 valence electrons. The molecule has 2 aromatic rings. The van der Waals surface area contributed by atoms with Crippen LogP contribution in [0.5, 0.6) is 5.75 Å². The van der Waals surface area contributed by atoms with Gasteiger partial charge >= 0.3 is 0 Å². The van der Waals surface area contributed by atoms with Crippen LogP contribution in [0.4, 0.5) is 20.2 Å². The number of benzene rings is 2. The van der Waals surface area contributed by atoms with Gasteiger partial charge in [0.25, 0.3) is 15.7 Å². The molecule has 0 heterocycles. The van der Waals surface area contributed by atoms with E-state index in [4.69, 9.17) is 4.74 Å². The van der Waals surface area contributed by atoms with Crippen LogP contribution in [0.2, 0.25) is 0 Å². The second-order valence-corrected chi connectivity index (χ2v) is 6.01. The normalized spacial score (nSPS) is 11.1. The van der Waals surface area contributed by atoms with E-state index >= 15 is 0 Å². The standard InChI is InChI=1S/C13H10F2N2O5S/c1-22-13-5-2-8(17(18)19)6-12(13)16-23(20,21)9-3-4-10(14)11(15)7-9/h2-7,16H,1H3. The maximum absolute atomic E-state index is 13.2. The number of hydrogen-bond donors (Lipinski definition) is 1. The number of anilines is 1. The molecule has 0 spiro atoms. The maximum Gasteiger partial charge on any atom is 0.271 e. The van der Waals surface area contributed by atoms with E-state index < -0.39 is 31.5 Å². The summed E-state index contributed by atoms with van der Waals surface area (Å²) in [7, 11) is -3.04. The molecule has 0 atom stereocenters. The van der Waals surface area contributed by atoms with E-state index in [1.807, 2.05) is 4.72 Å². The number of hydrogen-bond acceptors (Lipinski definition) is 5. The minimum absolute atomic E-state index is 0.0294. The highest BCUT2D eigenvalue weighted by atomic mass is 32.2. The summed E-state index contributed by atoms with van der Waals surface area (Å²) in [5, 5.41) is 10.8. The molecule has 0 unspecified atom stereocenters. The second-order valence-electron chi connectivity index (χ2n) is 4.32. The van der Waals surface area contributed by atoms with Crippen molar-refractivity contribution in [1.82, 2.24) is 0 Å². The van der Waals surface area contributed by atoms with Crippen LogP contribution in [0.1, 0.15) is 0 Å². The van der Waals surface area contributed by atoms with Crippen molar-refractivity contribution in [2.75, 3.05) is 11.8 Å². The summed E-state index contributed by atoms with van der Waals surface area (Å²) >= 11 is 0. The van der Waals surface area contributed by atoms with Crippen LogP contribution < -0.4 is 9.46 Å². The van der Waals surface area contributed by atoms with Gasteiger partial charge in [0, 0.05) is 12.1 Å². The molecule has 0 radical (unpaired) electrons. The minimum atomic E-state index is -4.29. The number of nitro groups is 1. The predicted molar refractivity (Wildman–Crippen MR) is 76.8 cm³/mol. The van der Waals surface area contributed by atoms with Gasteiger partial charge in [-0.15, -0.1) is 0 Å². The quantitative estimate of drug-likeness (QED) is 0.664. The van der Waals surface area contributed by atoms with Crippen molar-refractivity contribution in [2.24, 2.45) is 0 Å². The number of methoxy groups -OCH3 is 1. The van der Waals surface area contributed by atoms with E-state index in [0.29, 0.717) is 12.1 Å². The Morgan fingerprint density at radius 3 is 2.39 bits per heavy atom. The third kappa shape index (κ3) is 3.54. The lowest BCUT2D eigenvalue weighted by Crippen LogP contribution is -2.14. The Kier molecular flexibility index (Phi) is 4.45. The lowest BCUT2D eigenvalue weighted by atomic mass is 10.2. The number of nitro benzene ring substituents is 1. The molecule has 0 aromatic heterocycles. The van der Waals surface area contributed by atoms with Gasteiger partial charge < -0.3 is 4.74 Å². The van der Waals surface area contributed by atoms with Crippen LogP contribution in [-0.4, -0.2) is 20.5 Å². The number of halogens is 2. The number of non-ortho nitro benzene ring substituents is 1. The first-order valence-electron chi connectivity index (χ1n) is 6.05. The van der Waals surface area contributed by atoms with Gasteiger partial charge in [-0.05, 0) is 24.3 Å². The largest absolute Gasteiger partial charge is 0.495 e. The summed E-state index contributed by atoms with van der Waals surface area (Å²) in [5.41, 5.74) is -0.569. The molecule has 0 saturated heterocycles. The van der Waals surface area contributed by atoms with Crippen LogP contribution in [-0.2, 0) is 10.0 Å². The van der Waals surface area contributed by atoms with E-state index in [9.17, 15) is 27.3 Å². The lowest BCUT2D eigenvalue weighted by molar-refractivity contribution is -0.384. The van der Waals surface area contributed by atoms with Crippen LogP contribution in [0.25, 0.3) is 0 Å². The molecule has 10 heteroatoms. The maximum atomic E-state index is 13.2. The first kappa shape index (κ1) is 16.6. The summed E-state index contributed by atoms with van der Waals surface area (Å²) in [4.78, 5) is 9.52. The van der Waals surface area contributed by atoms with Gasteiger partial charge in [0.1, 0.15) is 5.75 Å². The highest BCUT2D eigenvalue weighted by Gasteiger charge is 2.20. The number of nitrogens with one attached hydrogen (secondary N) is 1. The summed E-state index contributed by atoms with van der Waals surface area (Å²) in [6.45, 7) is 0. The number of rotatable bonds is 5. The van der Waals surface area contributed by atoms with E-state index in [1.54, 1.807) is 0 Å². The first-order chi connectivity index (χ1) is 10.7. The van der Waals surface area contributed by atoms with Crippen LogP contribution in [0.15, 0.2) is 41.3 Å². The highest BCUT2D eigenvalue weighted by molar-refractivity contribution is 7.92. The molecular formula is C13H10F2N2O5S. The molecule has 0 aliphatic rings. The van der Waals surface area contributed by atoms with Crippen LogP contribution >= 0.6 is 0 Å². The number of sulfonamides is 1. The Morgan fingerprint density at radius 2 is 1.83 bits per heavy atom. The zero-order valence-corrected chi connectivity index (χ0v) is 12.4. The van der Waals surface area contributed by atoms with Crippen LogP contribution in [0, 0.1) is 21.7 Å². The Labute approximate surface area is 129 Å². The average molecular weight is 344 g/mol. The third-order valence-corrected chi connectivity index (χ3v) is 4.20. The van der Waals surface area contributed by atoms with Crippen molar-refractivity contribution < 1.29 is 26.9 Å². The monoisotopic (exact) mass is 344 g/mol. The Balaban J connectivity index is 2.45. The van der Waals surface area contributed by atoms with Gasteiger partial charge in [0.2, 0.25) is 0 Å². The fourth-order valence-electron chi connectivity index (χ4n) is 1.74. The zero-order chi connectivity index (χ0) is 17.2. The highest BCUT2D eigenvalue weighted by Crippen LogP contribution is 2.31. The summed E-state index contributed by atoms with van der Waals surface area (Å²) < 4.78 is 57.4. The summed E-state index contributed by atoms with van der Waals surface area (Å²) in [5.74, 6) is -2.50. The summed E-state index contributed by atoms with van der Waals surface area (Å²) in [6, 6.07) is 5.33. The van der Waals surface area contributed by atoms with Crippen molar-refractivity contribution in [3.05, 3.63) is 58.1 Å². The van der Waals surface area contributed by atoms with Crippen LogP contribution in [0.3, 0.4) is 0 Å². The molecular weight excluding hydrogens is 334 g/mol. The van der Waals surface area contributed by atoms with E-state index in [0.717, 1.165) is 18.2 Å². The van der Waals surface area contributed by atoms with Crippen molar-refractivity contribution >= 4 is 21.4 Å². The van der Waals surface area contributed by atoms with Gasteiger partial charge in [0.05, 0.1) is 22.6 Å². The molecule has 7 nitrogen and oxygen atoms in total. The van der Waals surface area contributed by atoms with Gasteiger partial charge in [-0.25, -0.2) is 17.2 Å². The Bertz CT molecular complexity index is 871. The molecule has 2 aromatic carbocycles. The topological polar surface area (TPSA) is 98.5 Å². The molecule has 0 bridgehead atoms.